The summed E-state index contributed by atoms with van der Waals surface area (Å²) in [6, 6.07) is 5.92. The van der Waals surface area contributed by atoms with E-state index in [1.807, 2.05) is 0 Å². The summed E-state index contributed by atoms with van der Waals surface area (Å²) in [5.74, 6) is -2.06. The number of benzene rings is 1. The van der Waals surface area contributed by atoms with Crippen molar-refractivity contribution >= 4 is 5.82 Å². The van der Waals surface area contributed by atoms with Crippen molar-refractivity contribution in [1.29, 1.82) is 0 Å². The van der Waals surface area contributed by atoms with Gasteiger partial charge in [-0.05, 0) is 34.2 Å². The van der Waals surface area contributed by atoms with Crippen molar-refractivity contribution in [3.05, 3.63) is 57.8 Å². The van der Waals surface area contributed by atoms with Crippen LogP contribution in [0, 0.1) is 28.7 Å². The quantitative estimate of drug-likeness (QED) is 0.466. The molecule has 116 valence electrons. The maximum atomic E-state index is 13.3. The molecule has 0 aliphatic heterocycles. The van der Waals surface area contributed by atoms with Crippen molar-refractivity contribution in [2.75, 3.05) is 13.2 Å². The van der Waals surface area contributed by atoms with Crippen molar-refractivity contribution < 1.29 is 23.2 Å². The number of halogens is 2. The molecule has 0 N–H and O–H groups in total. The largest absolute Gasteiger partial charge is 0.487 e. The van der Waals surface area contributed by atoms with Crippen molar-refractivity contribution in [3.8, 4) is 11.5 Å². The van der Waals surface area contributed by atoms with Gasteiger partial charge in [-0.3, -0.25) is 0 Å². The predicted molar refractivity (Wildman–Crippen MR) is 73.0 cm³/mol. The molecule has 0 radical (unpaired) electrons. The van der Waals surface area contributed by atoms with Crippen LogP contribution in [0.15, 0.2) is 30.3 Å². The van der Waals surface area contributed by atoms with E-state index in [9.17, 15) is 18.9 Å². The lowest BCUT2D eigenvalue weighted by Gasteiger charge is -2.09. The van der Waals surface area contributed by atoms with Gasteiger partial charge in [-0.1, -0.05) is 0 Å². The smallest absolute Gasteiger partial charge is 0.406 e. The molecule has 0 amide bonds. The van der Waals surface area contributed by atoms with Crippen LogP contribution in [-0.2, 0) is 0 Å². The molecule has 1 aromatic heterocycles. The highest BCUT2D eigenvalue weighted by atomic mass is 19.1. The second kappa shape index (κ2) is 6.79. The summed E-state index contributed by atoms with van der Waals surface area (Å²) in [5, 5.41) is 10.9. The zero-order valence-electron chi connectivity index (χ0n) is 11.6. The average Bonchev–Trinajstić information content (AvgIpc) is 2.46. The minimum atomic E-state index is -0.831. The first-order valence-electron chi connectivity index (χ1n) is 6.30. The topological polar surface area (TPSA) is 74.5 Å². The molecule has 0 saturated heterocycles. The third-order valence-corrected chi connectivity index (χ3v) is 2.64. The average molecular weight is 310 g/mol. The van der Waals surface area contributed by atoms with Crippen LogP contribution in [0.5, 0.6) is 11.5 Å². The summed E-state index contributed by atoms with van der Waals surface area (Å²) < 4.78 is 36.3. The number of pyridine rings is 1. The molecule has 6 nitrogen and oxygen atoms in total. The Hall–Kier alpha value is -2.77. The van der Waals surface area contributed by atoms with Gasteiger partial charge in [0.2, 0.25) is 5.75 Å². The van der Waals surface area contributed by atoms with Crippen LogP contribution in [0.4, 0.5) is 14.6 Å². The normalized spacial score (nSPS) is 10.3. The Labute approximate surface area is 124 Å². The van der Waals surface area contributed by atoms with Crippen LogP contribution in [0.1, 0.15) is 5.69 Å². The Balaban J connectivity index is 1.93. The number of nitrogens with zero attached hydrogens (tertiary/aromatic N) is 2. The van der Waals surface area contributed by atoms with Crippen molar-refractivity contribution in [3.63, 3.8) is 0 Å². The molecule has 22 heavy (non-hydrogen) atoms. The van der Waals surface area contributed by atoms with Gasteiger partial charge in [0.15, 0.2) is 11.6 Å². The van der Waals surface area contributed by atoms with Crippen LogP contribution >= 0.6 is 0 Å². The molecule has 0 unspecified atom stereocenters. The summed E-state index contributed by atoms with van der Waals surface area (Å²) in [4.78, 5) is 14.0. The summed E-state index contributed by atoms with van der Waals surface area (Å²) >= 11 is 0. The molecular formula is C14H12F2N2O4. The van der Waals surface area contributed by atoms with E-state index in [0.29, 0.717) is 11.8 Å². The Bertz CT molecular complexity index is 695. The van der Waals surface area contributed by atoms with E-state index in [0.717, 1.165) is 12.1 Å². The molecule has 2 aromatic rings. The Kier molecular flexibility index (Phi) is 4.82. The number of rotatable bonds is 6. The third kappa shape index (κ3) is 3.87. The maximum Gasteiger partial charge on any atom is 0.406 e. The minimum absolute atomic E-state index is 0.00113. The fourth-order valence-corrected chi connectivity index (χ4v) is 1.67. The van der Waals surface area contributed by atoms with Gasteiger partial charge in [0, 0.05) is 13.0 Å². The first kappa shape index (κ1) is 15.6. The van der Waals surface area contributed by atoms with E-state index >= 15 is 0 Å². The molecule has 0 fully saturated rings. The van der Waals surface area contributed by atoms with Crippen LogP contribution < -0.4 is 9.47 Å². The summed E-state index contributed by atoms with van der Waals surface area (Å²) in [6.07, 6.45) is 0. The van der Waals surface area contributed by atoms with Gasteiger partial charge in [-0.15, -0.1) is 0 Å². The van der Waals surface area contributed by atoms with Gasteiger partial charge in [-0.25, -0.2) is 8.78 Å². The Morgan fingerprint density at radius 3 is 2.41 bits per heavy atom. The zero-order chi connectivity index (χ0) is 16.1. The molecule has 0 saturated carbocycles. The molecular weight excluding hydrogens is 298 g/mol. The molecule has 0 spiro atoms. The van der Waals surface area contributed by atoms with Gasteiger partial charge in [0.1, 0.15) is 24.7 Å². The van der Waals surface area contributed by atoms with E-state index in [2.05, 4.69) is 4.98 Å². The SMILES string of the molecule is Cc1ccc(OCCOc2ccc(F)cc2F)c([N+](=O)[O-])n1. The molecule has 8 heteroatoms. The second-order valence-corrected chi connectivity index (χ2v) is 4.30. The highest BCUT2D eigenvalue weighted by Crippen LogP contribution is 2.24. The highest BCUT2D eigenvalue weighted by molar-refractivity contribution is 5.40. The lowest BCUT2D eigenvalue weighted by molar-refractivity contribution is -0.390. The zero-order valence-corrected chi connectivity index (χ0v) is 11.6. The summed E-state index contributed by atoms with van der Waals surface area (Å²) in [7, 11) is 0. The van der Waals surface area contributed by atoms with Gasteiger partial charge in [-0.2, -0.15) is 0 Å². The monoisotopic (exact) mass is 310 g/mol. The second-order valence-electron chi connectivity index (χ2n) is 4.30. The molecule has 0 aliphatic rings. The molecule has 1 aromatic carbocycles. The fraction of sp³-hybridized carbons (Fsp3) is 0.214. The number of aryl methyl sites for hydroxylation is 1. The molecule has 0 atom stereocenters. The highest BCUT2D eigenvalue weighted by Gasteiger charge is 2.17. The van der Waals surface area contributed by atoms with Gasteiger partial charge < -0.3 is 19.6 Å². The summed E-state index contributed by atoms with van der Waals surface area (Å²) in [5.41, 5.74) is 0.490. The first-order chi connectivity index (χ1) is 10.5. The number of nitro groups is 1. The van der Waals surface area contributed by atoms with Gasteiger partial charge in [0.25, 0.3) is 0 Å². The predicted octanol–water partition coefficient (Wildman–Crippen LogP) is 3.03. The Morgan fingerprint density at radius 2 is 1.77 bits per heavy atom. The third-order valence-electron chi connectivity index (χ3n) is 2.64. The van der Waals surface area contributed by atoms with Crippen LogP contribution in [0.25, 0.3) is 0 Å². The van der Waals surface area contributed by atoms with Crippen molar-refractivity contribution in [2.24, 2.45) is 0 Å². The van der Waals surface area contributed by atoms with Crippen molar-refractivity contribution in [1.82, 2.24) is 4.98 Å². The van der Waals surface area contributed by atoms with Crippen LogP contribution in [-0.4, -0.2) is 23.1 Å². The van der Waals surface area contributed by atoms with Crippen molar-refractivity contribution in [2.45, 2.75) is 6.92 Å². The number of aromatic nitrogens is 1. The van der Waals surface area contributed by atoms with Crippen LogP contribution in [0.3, 0.4) is 0 Å². The number of ether oxygens (including phenoxy) is 2. The van der Waals surface area contributed by atoms with E-state index in [1.165, 1.54) is 6.07 Å². The van der Waals surface area contributed by atoms with Crippen LogP contribution in [0.2, 0.25) is 0 Å². The lowest BCUT2D eigenvalue weighted by atomic mass is 10.3. The lowest BCUT2D eigenvalue weighted by Crippen LogP contribution is -2.11. The standard InChI is InChI=1S/C14H12F2N2O4/c1-9-2-4-13(14(17-9)18(19)20)22-7-6-21-12-5-3-10(15)8-11(12)16/h2-5,8H,6-7H2,1H3. The fourth-order valence-electron chi connectivity index (χ4n) is 1.67. The number of hydrogen-bond donors (Lipinski definition) is 0. The first-order valence-corrected chi connectivity index (χ1v) is 6.30. The molecule has 0 bridgehead atoms. The Morgan fingerprint density at radius 1 is 1.14 bits per heavy atom. The molecule has 0 aliphatic carbocycles. The van der Waals surface area contributed by atoms with E-state index in [4.69, 9.17) is 9.47 Å². The van der Waals surface area contributed by atoms with E-state index < -0.39 is 22.4 Å². The molecule has 2 rings (SSSR count). The number of hydrogen-bond acceptors (Lipinski definition) is 5. The van der Waals surface area contributed by atoms with Gasteiger partial charge in [0.05, 0.1) is 0 Å². The van der Waals surface area contributed by atoms with E-state index in [1.54, 1.807) is 13.0 Å². The van der Waals surface area contributed by atoms with E-state index in [-0.39, 0.29) is 24.7 Å². The maximum absolute atomic E-state index is 13.3. The summed E-state index contributed by atoms with van der Waals surface area (Å²) in [6.45, 7) is 1.51. The molecule has 1 heterocycles. The minimum Gasteiger partial charge on any atom is -0.487 e. The van der Waals surface area contributed by atoms with Gasteiger partial charge >= 0.3 is 5.82 Å².